The van der Waals surface area contributed by atoms with Gasteiger partial charge in [-0.1, -0.05) is 13.8 Å². The van der Waals surface area contributed by atoms with E-state index in [1.165, 1.54) is 0 Å². The van der Waals surface area contributed by atoms with Gasteiger partial charge >= 0.3 is 10.7 Å². The molecule has 0 fully saturated rings. The first-order chi connectivity index (χ1) is 6.83. The van der Waals surface area contributed by atoms with Crippen LogP contribution in [-0.2, 0) is 0 Å². The maximum atomic E-state index is 10.5. The monoisotopic (exact) mass is 254 g/mol. The molecule has 0 radical (unpaired) electrons. The maximum Gasteiger partial charge on any atom is 0.313 e. The van der Waals surface area contributed by atoms with Crippen LogP contribution < -0.4 is 10.6 Å². The largest absolute Gasteiger partial charge is 0.343 e. The zero-order valence-electron chi connectivity index (χ0n) is 8.90. The molecular formula is C9H16Cl2N2O2. The molecule has 0 bridgehead atoms. The third-order valence-corrected chi connectivity index (χ3v) is 2.27. The van der Waals surface area contributed by atoms with Gasteiger partial charge in [-0.25, -0.2) is 0 Å². The second kappa shape index (κ2) is 6.90. The van der Waals surface area contributed by atoms with Gasteiger partial charge in [-0.05, 0) is 41.5 Å². The fourth-order valence-corrected chi connectivity index (χ4v) is 1.31. The molecule has 0 aliphatic rings. The van der Waals surface area contributed by atoms with E-state index < -0.39 is 10.7 Å². The van der Waals surface area contributed by atoms with Gasteiger partial charge < -0.3 is 10.6 Å². The fourth-order valence-electron chi connectivity index (χ4n) is 1.15. The highest BCUT2D eigenvalue weighted by Gasteiger charge is 2.17. The highest BCUT2D eigenvalue weighted by molar-refractivity contribution is 6.63. The molecule has 0 atom stereocenters. The van der Waals surface area contributed by atoms with Crippen LogP contribution in [0.5, 0.6) is 0 Å². The molecular weight excluding hydrogens is 239 g/mol. The van der Waals surface area contributed by atoms with E-state index in [0.29, 0.717) is 13.1 Å². The minimum Gasteiger partial charge on any atom is -0.343 e. The van der Waals surface area contributed by atoms with Crippen LogP contribution in [0.15, 0.2) is 0 Å². The van der Waals surface area contributed by atoms with Crippen molar-refractivity contribution in [2.24, 2.45) is 5.41 Å². The lowest BCUT2D eigenvalue weighted by atomic mass is 9.88. The van der Waals surface area contributed by atoms with Crippen molar-refractivity contribution in [3.05, 3.63) is 0 Å². The Morgan fingerprint density at radius 1 is 1.13 bits per heavy atom. The van der Waals surface area contributed by atoms with E-state index in [4.69, 9.17) is 23.2 Å². The van der Waals surface area contributed by atoms with E-state index in [9.17, 15) is 9.59 Å². The normalized spacial score (nSPS) is 10.9. The first kappa shape index (κ1) is 14.5. The first-order valence-electron chi connectivity index (χ1n) is 4.70. The molecule has 15 heavy (non-hydrogen) atoms. The molecule has 88 valence electrons. The third kappa shape index (κ3) is 9.82. The van der Waals surface area contributed by atoms with E-state index >= 15 is 0 Å². The van der Waals surface area contributed by atoms with Crippen molar-refractivity contribution >= 4 is 33.9 Å². The van der Waals surface area contributed by atoms with Gasteiger partial charge in [-0.3, -0.25) is 9.59 Å². The van der Waals surface area contributed by atoms with Gasteiger partial charge in [0.25, 0.3) is 0 Å². The molecule has 0 aromatic rings. The second-order valence-corrected chi connectivity index (χ2v) is 4.78. The van der Waals surface area contributed by atoms with Crippen molar-refractivity contribution in [1.29, 1.82) is 0 Å². The summed E-state index contributed by atoms with van der Waals surface area (Å²) in [7, 11) is 0. The molecule has 0 saturated heterocycles. The number of hydrogen-bond donors (Lipinski definition) is 2. The van der Waals surface area contributed by atoms with Crippen LogP contribution in [0.3, 0.4) is 0 Å². The zero-order valence-corrected chi connectivity index (χ0v) is 10.4. The zero-order chi connectivity index (χ0) is 11.9. The van der Waals surface area contributed by atoms with Crippen LogP contribution in [0.2, 0.25) is 0 Å². The summed E-state index contributed by atoms with van der Waals surface area (Å²) in [4.78, 5) is 20.9. The molecule has 0 unspecified atom stereocenters. The highest BCUT2D eigenvalue weighted by atomic mass is 35.5. The number of nitrogens with one attached hydrogen (secondary N) is 2. The first-order valence-corrected chi connectivity index (χ1v) is 5.46. The minimum atomic E-state index is -0.544. The average Bonchev–Trinajstić information content (AvgIpc) is 2.09. The number of carbonyl (C=O) groups excluding carboxylic acids is 2. The summed E-state index contributed by atoms with van der Waals surface area (Å²) < 4.78 is 0. The topological polar surface area (TPSA) is 58.2 Å². The number of amides is 2. The molecule has 0 saturated carbocycles. The van der Waals surface area contributed by atoms with Crippen LogP contribution in [0, 0.1) is 5.41 Å². The maximum absolute atomic E-state index is 10.5. The van der Waals surface area contributed by atoms with Crippen molar-refractivity contribution in [1.82, 2.24) is 10.6 Å². The van der Waals surface area contributed by atoms with Crippen LogP contribution in [0.1, 0.15) is 26.7 Å². The van der Waals surface area contributed by atoms with Gasteiger partial charge in [0, 0.05) is 13.1 Å². The van der Waals surface area contributed by atoms with Crippen molar-refractivity contribution < 1.29 is 9.59 Å². The van der Waals surface area contributed by atoms with Crippen molar-refractivity contribution in [3.63, 3.8) is 0 Å². The molecule has 6 heteroatoms. The van der Waals surface area contributed by atoms with Crippen LogP contribution in [0.4, 0.5) is 9.59 Å². The van der Waals surface area contributed by atoms with Crippen molar-refractivity contribution in [3.8, 4) is 0 Å². The van der Waals surface area contributed by atoms with Gasteiger partial charge in [0.15, 0.2) is 0 Å². The molecule has 2 amide bonds. The molecule has 0 aliphatic heterocycles. The Morgan fingerprint density at radius 3 is 2.13 bits per heavy atom. The van der Waals surface area contributed by atoms with Crippen LogP contribution >= 0.6 is 23.2 Å². The Bertz CT molecular complexity index is 232. The molecule has 0 spiro atoms. The average molecular weight is 255 g/mol. The molecule has 2 N–H and O–H groups in total. The number of hydrogen-bond acceptors (Lipinski definition) is 2. The lowest BCUT2D eigenvalue weighted by Crippen LogP contribution is -2.31. The summed E-state index contributed by atoms with van der Waals surface area (Å²) in [6.45, 7) is 5.09. The number of halogens is 2. The number of rotatable bonds is 6. The van der Waals surface area contributed by atoms with E-state index in [0.717, 1.165) is 12.8 Å². The predicted octanol–water partition coefficient (Wildman–Crippen LogP) is 2.69. The van der Waals surface area contributed by atoms with Gasteiger partial charge in [0.05, 0.1) is 0 Å². The van der Waals surface area contributed by atoms with Gasteiger partial charge in [0.2, 0.25) is 0 Å². The lowest BCUT2D eigenvalue weighted by Gasteiger charge is -2.24. The van der Waals surface area contributed by atoms with Crippen LogP contribution in [0.25, 0.3) is 0 Å². The van der Waals surface area contributed by atoms with Crippen molar-refractivity contribution in [2.45, 2.75) is 26.7 Å². The van der Waals surface area contributed by atoms with Crippen molar-refractivity contribution in [2.75, 3.05) is 13.1 Å². The highest BCUT2D eigenvalue weighted by Crippen LogP contribution is 2.20. The minimum absolute atomic E-state index is 0.0401. The Balaban J connectivity index is 3.64. The summed E-state index contributed by atoms with van der Waals surface area (Å²) in [5.41, 5.74) is -0.0401. The SMILES string of the molecule is CC(C)(CCCNC(=O)Cl)CNC(=O)Cl. The Labute approximate surface area is 99.7 Å². The Hall–Kier alpha value is -0.480. The van der Waals surface area contributed by atoms with Gasteiger partial charge in [-0.2, -0.15) is 0 Å². The van der Waals surface area contributed by atoms with Crippen LogP contribution in [-0.4, -0.2) is 23.8 Å². The molecule has 0 aromatic carbocycles. The molecule has 0 heterocycles. The van der Waals surface area contributed by atoms with E-state index in [2.05, 4.69) is 10.6 Å². The summed E-state index contributed by atoms with van der Waals surface area (Å²) in [6.07, 6.45) is 1.67. The summed E-state index contributed by atoms with van der Waals surface area (Å²) in [5.74, 6) is 0. The molecule has 0 rings (SSSR count). The summed E-state index contributed by atoms with van der Waals surface area (Å²) in [5, 5.41) is 3.96. The molecule has 0 aliphatic carbocycles. The predicted molar refractivity (Wildman–Crippen MR) is 61.5 cm³/mol. The molecule has 4 nitrogen and oxygen atoms in total. The third-order valence-electron chi connectivity index (χ3n) is 2.00. The second-order valence-electron chi connectivity index (χ2n) is 4.10. The van der Waals surface area contributed by atoms with Gasteiger partial charge in [-0.15, -0.1) is 0 Å². The van der Waals surface area contributed by atoms with Gasteiger partial charge in [0.1, 0.15) is 0 Å². The van der Waals surface area contributed by atoms with E-state index in [1.54, 1.807) is 0 Å². The van der Waals surface area contributed by atoms with E-state index in [-0.39, 0.29) is 5.41 Å². The lowest BCUT2D eigenvalue weighted by molar-refractivity contribution is 0.248. The smallest absolute Gasteiger partial charge is 0.313 e. The van der Waals surface area contributed by atoms with E-state index in [1.807, 2.05) is 13.8 Å². The summed E-state index contributed by atoms with van der Waals surface area (Å²) in [6, 6.07) is 0. The Morgan fingerprint density at radius 2 is 1.67 bits per heavy atom. The molecule has 0 aromatic heterocycles. The quantitative estimate of drug-likeness (QED) is 0.435. The Kier molecular flexibility index (Phi) is 6.68. The standard InChI is InChI=1S/C9H16Cl2N2O2/c1-9(2,6-13-8(11)15)4-3-5-12-7(10)14/h3-6H2,1-2H3,(H,12,14)(H,13,15). The fraction of sp³-hybridized carbons (Fsp3) is 0.778. The summed E-state index contributed by atoms with van der Waals surface area (Å²) >= 11 is 10.3. The number of carbonyl (C=O) groups is 2.